The number of non-ortho nitro benzene ring substituents is 1. The Morgan fingerprint density at radius 2 is 1.94 bits per heavy atom. The molecule has 2 aromatic carbocycles. The van der Waals surface area contributed by atoms with Gasteiger partial charge in [-0.15, -0.1) is 0 Å². The van der Waals surface area contributed by atoms with Crippen LogP contribution in [0.2, 0.25) is 5.02 Å². The Balaban J connectivity index is 1.33. The van der Waals surface area contributed by atoms with Gasteiger partial charge in [-0.1, -0.05) is 23.7 Å². The van der Waals surface area contributed by atoms with Crippen molar-refractivity contribution in [3.8, 4) is 0 Å². The van der Waals surface area contributed by atoms with Crippen LogP contribution < -0.4 is 10.2 Å². The molecule has 1 aliphatic heterocycles. The van der Waals surface area contributed by atoms with Crippen LogP contribution >= 0.6 is 23.1 Å². The minimum absolute atomic E-state index is 0.0162. The number of nitro groups is 1. The molecule has 32 heavy (non-hydrogen) atoms. The van der Waals surface area contributed by atoms with E-state index in [9.17, 15) is 14.9 Å². The van der Waals surface area contributed by atoms with Crippen molar-refractivity contribution in [2.75, 3.05) is 29.9 Å². The average molecular weight is 473 g/mol. The summed E-state index contributed by atoms with van der Waals surface area (Å²) < 4.78 is 4.48. The van der Waals surface area contributed by atoms with Crippen molar-refractivity contribution in [1.29, 1.82) is 0 Å². The van der Waals surface area contributed by atoms with Gasteiger partial charge >= 0.3 is 6.03 Å². The second kappa shape index (κ2) is 9.49. The number of piperazine rings is 1. The third kappa shape index (κ3) is 5.14. The summed E-state index contributed by atoms with van der Waals surface area (Å²) in [5.74, 6) is 0.762. The van der Waals surface area contributed by atoms with Gasteiger partial charge in [0.25, 0.3) is 5.69 Å². The number of hydrogen-bond donors (Lipinski definition) is 1. The number of nitrogens with one attached hydrogen (secondary N) is 1. The molecule has 2 heterocycles. The lowest BCUT2D eigenvalue weighted by Gasteiger charge is -2.39. The van der Waals surface area contributed by atoms with Gasteiger partial charge in [0.1, 0.15) is 5.82 Å². The Morgan fingerprint density at radius 1 is 1.22 bits per heavy atom. The van der Waals surface area contributed by atoms with Crippen molar-refractivity contribution >= 4 is 45.7 Å². The number of nitro benzene ring substituents is 1. The maximum Gasteiger partial charge on any atom is 0.322 e. The van der Waals surface area contributed by atoms with E-state index in [-0.39, 0.29) is 17.8 Å². The number of hydrogen-bond acceptors (Lipinski definition) is 7. The second-order valence-electron chi connectivity index (χ2n) is 7.52. The van der Waals surface area contributed by atoms with Gasteiger partial charge in [-0.25, -0.2) is 9.78 Å². The average Bonchev–Trinajstić information content (AvgIpc) is 3.24. The first kappa shape index (κ1) is 22.0. The fourth-order valence-corrected chi connectivity index (χ4v) is 4.37. The molecule has 9 nitrogen and oxygen atoms in total. The minimum atomic E-state index is -0.471. The number of benzene rings is 2. The van der Waals surface area contributed by atoms with E-state index in [0.29, 0.717) is 36.8 Å². The second-order valence-corrected chi connectivity index (χ2v) is 8.69. The molecule has 1 saturated heterocycles. The van der Waals surface area contributed by atoms with Crippen LogP contribution in [-0.4, -0.2) is 50.9 Å². The molecule has 4 rings (SSSR count). The first-order chi connectivity index (χ1) is 15.4. The number of aromatic nitrogens is 2. The van der Waals surface area contributed by atoms with E-state index in [4.69, 9.17) is 11.6 Å². The molecule has 1 aromatic heterocycles. The van der Waals surface area contributed by atoms with Crippen LogP contribution in [0.3, 0.4) is 0 Å². The number of carbonyl (C=O) groups excluding carboxylic acids is 1. The first-order valence-electron chi connectivity index (χ1n) is 10.0. The summed E-state index contributed by atoms with van der Waals surface area (Å²) >= 11 is 7.30. The molecular weight excluding hydrogens is 452 g/mol. The van der Waals surface area contributed by atoms with E-state index < -0.39 is 4.92 Å². The van der Waals surface area contributed by atoms with Crippen LogP contribution in [0.5, 0.6) is 0 Å². The topological polar surface area (TPSA) is 104 Å². The molecule has 0 spiro atoms. The number of amides is 2. The third-order valence-corrected chi connectivity index (χ3v) is 6.29. The van der Waals surface area contributed by atoms with Crippen LogP contribution in [0.15, 0.2) is 48.5 Å². The molecule has 0 aliphatic carbocycles. The molecule has 166 valence electrons. The molecule has 1 unspecified atom stereocenters. The number of carbonyl (C=O) groups is 1. The highest BCUT2D eigenvalue weighted by atomic mass is 35.5. The number of nitrogens with zero attached hydrogens (tertiary/aromatic N) is 5. The molecule has 1 aliphatic rings. The Bertz CT molecular complexity index is 1110. The Morgan fingerprint density at radius 3 is 2.59 bits per heavy atom. The van der Waals surface area contributed by atoms with Crippen LogP contribution in [-0.2, 0) is 6.42 Å². The summed E-state index contributed by atoms with van der Waals surface area (Å²) in [5, 5.41) is 15.1. The van der Waals surface area contributed by atoms with Crippen molar-refractivity contribution in [1.82, 2.24) is 14.3 Å². The van der Waals surface area contributed by atoms with Gasteiger partial charge in [-0.05, 0) is 36.8 Å². The maximum absolute atomic E-state index is 12.7. The van der Waals surface area contributed by atoms with Crippen molar-refractivity contribution < 1.29 is 9.72 Å². The predicted molar refractivity (Wildman–Crippen MR) is 125 cm³/mol. The fraction of sp³-hybridized carbons (Fsp3) is 0.286. The largest absolute Gasteiger partial charge is 0.343 e. The number of rotatable bonds is 5. The lowest BCUT2D eigenvalue weighted by molar-refractivity contribution is -0.384. The lowest BCUT2D eigenvalue weighted by Crippen LogP contribution is -2.55. The predicted octanol–water partition coefficient (Wildman–Crippen LogP) is 4.43. The number of halogens is 1. The van der Waals surface area contributed by atoms with E-state index in [1.807, 2.05) is 31.2 Å². The Labute approximate surface area is 194 Å². The summed E-state index contributed by atoms with van der Waals surface area (Å²) in [6.45, 7) is 3.81. The van der Waals surface area contributed by atoms with Crippen molar-refractivity contribution in [2.45, 2.75) is 19.4 Å². The molecule has 2 amide bonds. The number of urea groups is 1. The van der Waals surface area contributed by atoms with Crippen LogP contribution in [0.4, 0.5) is 21.3 Å². The van der Waals surface area contributed by atoms with Gasteiger partial charge in [-0.3, -0.25) is 10.1 Å². The summed E-state index contributed by atoms with van der Waals surface area (Å²) in [7, 11) is 0. The molecule has 11 heteroatoms. The molecule has 0 bridgehead atoms. The van der Waals surface area contributed by atoms with Crippen LogP contribution in [0.1, 0.15) is 18.3 Å². The molecule has 1 fully saturated rings. The van der Waals surface area contributed by atoms with E-state index in [1.165, 1.54) is 35.8 Å². The lowest BCUT2D eigenvalue weighted by atomic mass is 10.1. The molecular formula is C21H21ClN6O3S. The van der Waals surface area contributed by atoms with E-state index in [0.717, 1.165) is 16.5 Å². The molecule has 0 radical (unpaired) electrons. The highest BCUT2D eigenvalue weighted by Crippen LogP contribution is 2.23. The Hall–Kier alpha value is -3.24. The van der Waals surface area contributed by atoms with Crippen molar-refractivity contribution in [3.63, 3.8) is 0 Å². The van der Waals surface area contributed by atoms with Gasteiger partial charge in [-0.2, -0.15) is 4.37 Å². The summed E-state index contributed by atoms with van der Waals surface area (Å²) in [6.07, 6.45) is 0.640. The molecule has 0 saturated carbocycles. The summed E-state index contributed by atoms with van der Waals surface area (Å²) in [5.41, 5.74) is 1.60. The molecule has 1 N–H and O–H groups in total. The van der Waals surface area contributed by atoms with Crippen molar-refractivity contribution in [3.05, 3.63) is 75.1 Å². The quantitative estimate of drug-likeness (QED) is 0.435. The van der Waals surface area contributed by atoms with Gasteiger partial charge in [0.05, 0.1) is 4.92 Å². The summed E-state index contributed by atoms with van der Waals surface area (Å²) in [6, 6.07) is 13.2. The first-order valence-corrected chi connectivity index (χ1v) is 11.2. The van der Waals surface area contributed by atoms with Gasteiger partial charge in [0, 0.05) is 66.5 Å². The highest BCUT2D eigenvalue weighted by Gasteiger charge is 2.29. The maximum atomic E-state index is 12.7. The third-order valence-electron chi connectivity index (χ3n) is 5.22. The van der Waals surface area contributed by atoms with Crippen LogP contribution in [0.25, 0.3) is 0 Å². The zero-order valence-electron chi connectivity index (χ0n) is 17.3. The van der Waals surface area contributed by atoms with E-state index >= 15 is 0 Å². The monoisotopic (exact) mass is 472 g/mol. The van der Waals surface area contributed by atoms with Crippen LogP contribution in [0, 0.1) is 10.1 Å². The Kier molecular flexibility index (Phi) is 6.52. The highest BCUT2D eigenvalue weighted by molar-refractivity contribution is 7.09. The van der Waals surface area contributed by atoms with E-state index in [1.54, 1.807) is 4.90 Å². The fourth-order valence-electron chi connectivity index (χ4n) is 3.52. The van der Waals surface area contributed by atoms with Gasteiger partial charge in [0.15, 0.2) is 0 Å². The zero-order valence-corrected chi connectivity index (χ0v) is 18.8. The van der Waals surface area contributed by atoms with Crippen molar-refractivity contribution in [2.24, 2.45) is 0 Å². The van der Waals surface area contributed by atoms with E-state index in [2.05, 4.69) is 19.6 Å². The SMILES string of the molecule is CC1CN(c2nc(Cc3ccc(Cl)cc3)ns2)CCN1C(=O)Nc1ccc([N+](=O)[O-])cc1. The summed E-state index contributed by atoms with van der Waals surface area (Å²) in [4.78, 5) is 31.6. The minimum Gasteiger partial charge on any atom is -0.343 e. The molecule has 1 atom stereocenters. The van der Waals surface area contributed by atoms with Gasteiger partial charge in [0.2, 0.25) is 5.13 Å². The number of anilines is 2. The smallest absolute Gasteiger partial charge is 0.322 e. The van der Waals surface area contributed by atoms with Gasteiger partial charge < -0.3 is 15.1 Å². The normalized spacial score (nSPS) is 16.1. The zero-order chi connectivity index (χ0) is 22.7. The standard InChI is InChI=1S/C21H21ClN6O3S/c1-14-13-26(21-24-19(25-32-21)12-15-2-4-16(22)5-3-15)10-11-27(14)20(29)23-17-6-8-18(9-7-17)28(30)31/h2-9,14H,10-13H2,1H3,(H,23,29). The molecule has 3 aromatic rings.